The average Bonchev–Trinajstić information content (AvgIpc) is 3.35. The van der Waals surface area contributed by atoms with Gasteiger partial charge in [0, 0.05) is 37.3 Å². The Morgan fingerprint density at radius 2 is 1.71 bits per heavy atom. The second-order valence-corrected chi connectivity index (χ2v) is 9.75. The van der Waals surface area contributed by atoms with Crippen LogP contribution in [-0.2, 0) is 22.9 Å². The van der Waals surface area contributed by atoms with Crippen LogP contribution >= 0.6 is 0 Å². The van der Waals surface area contributed by atoms with Crippen LogP contribution in [0.5, 0.6) is 0 Å². The lowest BCUT2D eigenvalue weighted by molar-refractivity contribution is -0.156. The molecule has 1 fully saturated rings. The minimum absolute atomic E-state index is 0.0314. The maximum Gasteiger partial charge on any atom is 0.470 e. The molecule has 0 atom stereocenters. The van der Waals surface area contributed by atoms with Crippen LogP contribution in [0.4, 0.5) is 23.2 Å². The molecule has 1 aliphatic rings. The number of halogens is 4. The molecule has 0 spiro atoms. The number of para-hydroxylation sites is 1. The Labute approximate surface area is 199 Å². The van der Waals surface area contributed by atoms with E-state index in [-0.39, 0.29) is 17.7 Å². The van der Waals surface area contributed by atoms with Gasteiger partial charge in [-0.3, -0.25) is 4.31 Å². The van der Waals surface area contributed by atoms with E-state index in [1.54, 1.807) is 30.3 Å². The van der Waals surface area contributed by atoms with E-state index >= 15 is 4.39 Å². The fraction of sp³-hybridized carbons (Fsp3) is 0.364. The minimum atomic E-state index is -4.82. The van der Waals surface area contributed by atoms with Gasteiger partial charge in [0.25, 0.3) is 0 Å². The van der Waals surface area contributed by atoms with Crippen molar-refractivity contribution in [2.24, 2.45) is 0 Å². The van der Waals surface area contributed by atoms with Gasteiger partial charge in [0.1, 0.15) is 5.82 Å². The molecule has 188 valence electrons. The summed E-state index contributed by atoms with van der Waals surface area (Å²) in [6, 6.07) is 11.9. The summed E-state index contributed by atoms with van der Waals surface area (Å²) in [7, 11) is -3.99. The molecule has 13 heteroatoms. The summed E-state index contributed by atoms with van der Waals surface area (Å²) >= 11 is 0. The van der Waals surface area contributed by atoms with Gasteiger partial charge in [0.15, 0.2) is 0 Å². The predicted octanol–water partition coefficient (Wildman–Crippen LogP) is 3.78. The summed E-state index contributed by atoms with van der Waals surface area (Å²) in [6.07, 6.45) is -4.82. The summed E-state index contributed by atoms with van der Waals surface area (Å²) in [6.45, 7) is 4.30. The number of hydrogen-bond acceptors (Lipinski definition) is 6. The smallest absolute Gasteiger partial charge is 0.413 e. The van der Waals surface area contributed by atoms with E-state index < -0.39 is 34.0 Å². The first-order chi connectivity index (χ1) is 16.6. The molecule has 0 unspecified atom stereocenters. The highest BCUT2D eigenvalue weighted by Gasteiger charge is 2.38. The Balaban J connectivity index is 1.62. The lowest BCUT2D eigenvalue weighted by Gasteiger charge is -2.37. The molecule has 0 amide bonds. The van der Waals surface area contributed by atoms with Crippen LogP contribution in [0.25, 0.3) is 11.5 Å². The molecule has 4 rings (SSSR count). The first-order valence-corrected chi connectivity index (χ1v) is 12.2. The zero-order chi connectivity index (χ0) is 25.2. The van der Waals surface area contributed by atoms with Gasteiger partial charge in [-0.2, -0.15) is 25.9 Å². The first-order valence-electron chi connectivity index (χ1n) is 10.8. The highest BCUT2D eigenvalue weighted by atomic mass is 32.2. The number of alkyl halides is 3. The van der Waals surface area contributed by atoms with Crippen LogP contribution in [0.2, 0.25) is 0 Å². The molecule has 8 nitrogen and oxygen atoms in total. The van der Waals surface area contributed by atoms with E-state index in [1.165, 1.54) is 16.4 Å². The standard InChI is InChI=1S/C22H23F4N5O3S/c1-2-29-10-12-30(13-11-29)35(32,33)31(18-6-4-3-5-7-18)15-17-9-8-16(14-19(17)23)20-27-28-21(34-20)22(24,25)26/h3-9,14H,2,10-13,15H2,1H3. The number of likely N-dealkylation sites (N-methyl/N-ethyl adjacent to an activating group) is 1. The Bertz CT molecular complexity index is 1260. The minimum Gasteiger partial charge on any atom is -0.413 e. The van der Waals surface area contributed by atoms with Crippen LogP contribution in [0, 0.1) is 5.82 Å². The monoisotopic (exact) mass is 513 g/mol. The molecule has 0 N–H and O–H groups in total. The fourth-order valence-electron chi connectivity index (χ4n) is 3.73. The van der Waals surface area contributed by atoms with Gasteiger partial charge in [-0.1, -0.05) is 31.2 Å². The van der Waals surface area contributed by atoms with Gasteiger partial charge in [0.2, 0.25) is 5.89 Å². The number of rotatable bonds is 7. The number of piperazine rings is 1. The summed E-state index contributed by atoms with van der Waals surface area (Å²) in [5.41, 5.74) is 0.337. The van der Waals surface area contributed by atoms with E-state index in [2.05, 4.69) is 19.5 Å². The van der Waals surface area contributed by atoms with Crippen molar-refractivity contribution < 1.29 is 30.4 Å². The van der Waals surface area contributed by atoms with Crippen molar-refractivity contribution in [3.8, 4) is 11.5 Å². The topological polar surface area (TPSA) is 82.8 Å². The molecule has 1 saturated heterocycles. The van der Waals surface area contributed by atoms with Gasteiger partial charge >= 0.3 is 22.3 Å². The highest BCUT2D eigenvalue weighted by molar-refractivity contribution is 7.90. The molecule has 2 aromatic carbocycles. The first kappa shape index (κ1) is 25.1. The number of benzene rings is 2. The Morgan fingerprint density at radius 1 is 1.03 bits per heavy atom. The van der Waals surface area contributed by atoms with Gasteiger partial charge in [0.05, 0.1) is 12.2 Å². The van der Waals surface area contributed by atoms with E-state index in [0.717, 1.165) is 16.9 Å². The molecule has 1 aromatic heterocycles. The van der Waals surface area contributed by atoms with Crippen molar-refractivity contribution in [2.75, 3.05) is 37.0 Å². The Morgan fingerprint density at radius 3 is 2.29 bits per heavy atom. The van der Waals surface area contributed by atoms with Crippen LogP contribution in [0.1, 0.15) is 18.4 Å². The van der Waals surface area contributed by atoms with Gasteiger partial charge in [-0.15, -0.1) is 10.2 Å². The normalized spacial score (nSPS) is 15.9. The van der Waals surface area contributed by atoms with Crippen molar-refractivity contribution in [1.29, 1.82) is 0 Å². The second kappa shape index (κ2) is 9.91. The van der Waals surface area contributed by atoms with E-state index in [1.807, 2.05) is 6.92 Å². The van der Waals surface area contributed by atoms with Crippen molar-refractivity contribution in [3.05, 3.63) is 65.8 Å². The molecule has 2 heterocycles. The van der Waals surface area contributed by atoms with Crippen molar-refractivity contribution in [2.45, 2.75) is 19.6 Å². The van der Waals surface area contributed by atoms with Crippen molar-refractivity contribution in [1.82, 2.24) is 19.4 Å². The zero-order valence-electron chi connectivity index (χ0n) is 18.7. The number of anilines is 1. The molecular formula is C22H23F4N5O3S. The number of aromatic nitrogens is 2. The highest BCUT2D eigenvalue weighted by Crippen LogP contribution is 2.31. The van der Waals surface area contributed by atoms with E-state index in [9.17, 15) is 21.6 Å². The van der Waals surface area contributed by atoms with Crippen molar-refractivity contribution in [3.63, 3.8) is 0 Å². The largest absolute Gasteiger partial charge is 0.470 e. The SMILES string of the molecule is CCN1CCN(S(=O)(=O)N(Cc2ccc(-c3nnc(C(F)(F)F)o3)cc2F)c2ccccc2)CC1. The quantitative estimate of drug-likeness (QED) is 0.448. The molecule has 0 radical (unpaired) electrons. The van der Waals surface area contributed by atoms with E-state index in [4.69, 9.17) is 0 Å². The molecule has 0 bridgehead atoms. The number of hydrogen-bond donors (Lipinski definition) is 0. The average molecular weight is 514 g/mol. The third kappa shape index (κ3) is 5.46. The third-order valence-corrected chi connectivity index (χ3v) is 7.62. The molecule has 35 heavy (non-hydrogen) atoms. The summed E-state index contributed by atoms with van der Waals surface area (Å²) in [4.78, 5) is 2.14. The molecule has 1 aliphatic heterocycles. The molecule has 0 saturated carbocycles. The summed E-state index contributed by atoms with van der Waals surface area (Å²) in [5, 5.41) is 6.26. The van der Waals surface area contributed by atoms with Crippen LogP contribution < -0.4 is 4.31 Å². The summed E-state index contributed by atoms with van der Waals surface area (Å²) in [5.74, 6) is -2.85. The summed E-state index contributed by atoms with van der Waals surface area (Å²) < 4.78 is 87.4. The molecular weight excluding hydrogens is 490 g/mol. The lowest BCUT2D eigenvalue weighted by atomic mass is 10.1. The Kier molecular flexibility index (Phi) is 7.10. The van der Waals surface area contributed by atoms with Gasteiger partial charge < -0.3 is 9.32 Å². The maximum atomic E-state index is 15.0. The maximum absolute atomic E-state index is 15.0. The molecule has 0 aliphatic carbocycles. The number of nitrogens with zero attached hydrogens (tertiary/aromatic N) is 5. The lowest BCUT2D eigenvalue weighted by Crippen LogP contribution is -2.53. The van der Waals surface area contributed by atoms with Crippen LogP contribution in [0.3, 0.4) is 0 Å². The van der Waals surface area contributed by atoms with Crippen LogP contribution in [-0.4, -0.2) is 60.5 Å². The second-order valence-electron chi connectivity index (χ2n) is 7.90. The van der Waals surface area contributed by atoms with Gasteiger partial charge in [-0.05, 0) is 30.8 Å². The fourth-order valence-corrected chi connectivity index (χ4v) is 5.33. The predicted molar refractivity (Wildman–Crippen MR) is 120 cm³/mol. The van der Waals surface area contributed by atoms with Crippen LogP contribution in [0.15, 0.2) is 52.9 Å². The molecule has 3 aromatic rings. The van der Waals surface area contributed by atoms with Gasteiger partial charge in [-0.25, -0.2) is 4.39 Å². The van der Waals surface area contributed by atoms with Crippen molar-refractivity contribution >= 4 is 15.9 Å². The Hall–Kier alpha value is -3.03. The third-order valence-electron chi connectivity index (χ3n) is 5.71. The zero-order valence-corrected chi connectivity index (χ0v) is 19.6. The van der Waals surface area contributed by atoms with E-state index in [0.29, 0.717) is 31.9 Å².